The number of hydrogen-bond acceptors (Lipinski definition) is 7. The van der Waals surface area contributed by atoms with Crippen molar-refractivity contribution < 1.29 is 36.6 Å². The van der Waals surface area contributed by atoms with E-state index in [0.717, 1.165) is 18.6 Å². The third-order valence-electron chi connectivity index (χ3n) is 4.86. The zero-order valence-corrected chi connectivity index (χ0v) is 17.4. The van der Waals surface area contributed by atoms with Crippen LogP contribution in [0.5, 0.6) is 5.75 Å². The second-order valence-corrected chi connectivity index (χ2v) is 7.05. The lowest BCUT2D eigenvalue weighted by molar-refractivity contribution is -0.275. The molecule has 2 heterocycles. The summed E-state index contributed by atoms with van der Waals surface area (Å²) in [6.07, 6.45) is -2.70. The van der Waals surface area contributed by atoms with E-state index >= 15 is 0 Å². The van der Waals surface area contributed by atoms with Crippen molar-refractivity contribution in [3.8, 4) is 5.75 Å². The van der Waals surface area contributed by atoms with E-state index in [2.05, 4.69) is 20.0 Å². The summed E-state index contributed by atoms with van der Waals surface area (Å²) in [5.74, 6) is -2.39. The van der Waals surface area contributed by atoms with Crippen molar-refractivity contribution in [2.24, 2.45) is 0 Å². The molecule has 1 aromatic heterocycles. The maximum Gasteiger partial charge on any atom is 0.573 e. The molecular formula is C20H22F4N4O4. The normalized spacial score (nSPS) is 17.3. The van der Waals surface area contributed by atoms with E-state index in [1.54, 1.807) is 7.11 Å². The van der Waals surface area contributed by atoms with Gasteiger partial charge in [0.15, 0.2) is 11.6 Å². The molecule has 1 aromatic carbocycles. The van der Waals surface area contributed by atoms with Gasteiger partial charge in [0, 0.05) is 33.5 Å². The molecule has 3 rings (SSSR count). The minimum Gasteiger partial charge on any atom is -0.403 e. The van der Waals surface area contributed by atoms with Crippen LogP contribution in [-0.2, 0) is 9.47 Å². The van der Waals surface area contributed by atoms with E-state index in [-0.39, 0.29) is 24.0 Å². The van der Waals surface area contributed by atoms with Crippen molar-refractivity contribution in [3.05, 3.63) is 47.5 Å². The summed E-state index contributed by atoms with van der Waals surface area (Å²) in [5.41, 5.74) is 0.276. The van der Waals surface area contributed by atoms with Gasteiger partial charge in [-0.25, -0.2) is 14.4 Å². The number of anilines is 1. The number of nitrogens with one attached hydrogen (secondary N) is 1. The van der Waals surface area contributed by atoms with Crippen LogP contribution in [0.2, 0.25) is 0 Å². The number of amides is 1. The number of aromatic nitrogens is 2. The second kappa shape index (κ2) is 10.1. The molecule has 1 amide bonds. The lowest BCUT2D eigenvalue weighted by Gasteiger charge is -2.20. The van der Waals surface area contributed by atoms with Gasteiger partial charge >= 0.3 is 6.36 Å². The van der Waals surface area contributed by atoms with Gasteiger partial charge in [0.1, 0.15) is 5.69 Å². The number of halogens is 4. The Balaban J connectivity index is 1.74. The van der Waals surface area contributed by atoms with E-state index in [4.69, 9.17) is 9.47 Å². The molecule has 1 aliphatic heterocycles. The Morgan fingerprint density at radius 3 is 2.72 bits per heavy atom. The number of rotatable bonds is 8. The van der Waals surface area contributed by atoms with Crippen molar-refractivity contribution in [1.82, 2.24) is 15.3 Å². The standard InChI is InChI=1S/C20H22F4N4O4/c1-30-11-16(12-3-4-17(14(21)9-12)32-20(22,23)24)26-18(29)15-5-7-25-19(27-15)28-8-6-13(10-28)31-2/h3-5,7,9,13,16H,6,8,10-11H2,1-2H3,(H,26,29)/t13-,16+/m0/s1. The van der Waals surface area contributed by atoms with Crippen LogP contribution in [-0.4, -0.2) is 62.3 Å². The summed E-state index contributed by atoms with van der Waals surface area (Å²) in [5, 5.41) is 2.66. The number of ether oxygens (including phenoxy) is 3. The topological polar surface area (TPSA) is 85.8 Å². The van der Waals surface area contributed by atoms with Crippen LogP contribution in [0, 0.1) is 5.82 Å². The van der Waals surface area contributed by atoms with E-state index in [1.807, 2.05) is 4.90 Å². The first-order valence-electron chi connectivity index (χ1n) is 9.66. The van der Waals surface area contributed by atoms with Crippen molar-refractivity contribution in [2.45, 2.75) is 24.9 Å². The number of carbonyl (C=O) groups excluding carboxylic acids is 1. The van der Waals surface area contributed by atoms with Gasteiger partial charge in [0.05, 0.1) is 18.8 Å². The Bertz CT molecular complexity index is 944. The molecule has 1 fully saturated rings. The summed E-state index contributed by atoms with van der Waals surface area (Å²) in [7, 11) is 3.00. The monoisotopic (exact) mass is 458 g/mol. The molecule has 1 aliphatic rings. The van der Waals surface area contributed by atoms with E-state index in [1.165, 1.54) is 25.4 Å². The first-order chi connectivity index (χ1) is 15.2. The maximum atomic E-state index is 14.1. The Kier molecular flexibility index (Phi) is 7.46. The van der Waals surface area contributed by atoms with Crippen molar-refractivity contribution in [3.63, 3.8) is 0 Å². The van der Waals surface area contributed by atoms with Crippen LogP contribution in [0.4, 0.5) is 23.5 Å². The summed E-state index contributed by atoms with van der Waals surface area (Å²) in [6, 6.07) is 3.49. The highest BCUT2D eigenvalue weighted by Crippen LogP contribution is 2.28. The summed E-state index contributed by atoms with van der Waals surface area (Å²) in [4.78, 5) is 23.1. The number of carbonyl (C=O) groups is 1. The summed E-state index contributed by atoms with van der Waals surface area (Å²) < 4.78 is 65.2. The lowest BCUT2D eigenvalue weighted by atomic mass is 10.1. The molecule has 0 unspecified atom stereocenters. The zero-order chi connectivity index (χ0) is 23.3. The molecular weight excluding hydrogens is 436 g/mol. The molecule has 2 atom stereocenters. The molecule has 1 N–H and O–H groups in total. The van der Waals surface area contributed by atoms with Gasteiger partial charge in [-0.3, -0.25) is 4.79 Å². The van der Waals surface area contributed by atoms with E-state index in [9.17, 15) is 22.4 Å². The van der Waals surface area contributed by atoms with Crippen LogP contribution in [0.25, 0.3) is 0 Å². The Hall–Kier alpha value is -2.99. The van der Waals surface area contributed by atoms with Crippen LogP contribution in [0.1, 0.15) is 28.5 Å². The summed E-state index contributed by atoms with van der Waals surface area (Å²) in [6.45, 7) is 1.23. The van der Waals surface area contributed by atoms with Crippen LogP contribution >= 0.6 is 0 Å². The molecule has 1 saturated heterocycles. The second-order valence-electron chi connectivity index (χ2n) is 7.05. The van der Waals surface area contributed by atoms with Gasteiger partial charge in [-0.15, -0.1) is 13.2 Å². The molecule has 0 saturated carbocycles. The van der Waals surface area contributed by atoms with Gasteiger partial charge in [-0.2, -0.15) is 0 Å². The molecule has 0 spiro atoms. The molecule has 8 nitrogen and oxygen atoms in total. The first-order valence-corrected chi connectivity index (χ1v) is 9.66. The number of alkyl halides is 3. The van der Waals surface area contributed by atoms with Crippen molar-refractivity contribution in [2.75, 3.05) is 38.8 Å². The SMILES string of the molecule is COC[C@@H](NC(=O)c1ccnc(N2CC[C@H](OC)C2)n1)c1ccc(OC(F)(F)F)c(F)c1. The highest BCUT2D eigenvalue weighted by atomic mass is 19.4. The molecule has 0 bridgehead atoms. The van der Waals surface area contributed by atoms with E-state index < -0.39 is 29.9 Å². The quantitative estimate of drug-likeness (QED) is 0.609. The third-order valence-corrected chi connectivity index (χ3v) is 4.86. The fourth-order valence-electron chi connectivity index (χ4n) is 3.29. The predicted molar refractivity (Wildman–Crippen MR) is 105 cm³/mol. The number of benzene rings is 1. The highest BCUT2D eigenvalue weighted by Gasteiger charge is 2.32. The number of methoxy groups -OCH3 is 2. The van der Waals surface area contributed by atoms with Gasteiger partial charge < -0.3 is 24.4 Å². The predicted octanol–water partition coefficient (Wildman–Crippen LogP) is 2.86. The van der Waals surface area contributed by atoms with Gasteiger partial charge in [-0.05, 0) is 30.2 Å². The number of nitrogens with zero attached hydrogens (tertiary/aromatic N) is 3. The van der Waals surface area contributed by atoms with Crippen LogP contribution in [0.3, 0.4) is 0 Å². The largest absolute Gasteiger partial charge is 0.573 e. The van der Waals surface area contributed by atoms with Gasteiger partial charge in [-0.1, -0.05) is 6.07 Å². The molecule has 174 valence electrons. The van der Waals surface area contributed by atoms with E-state index in [0.29, 0.717) is 19.0 Å². The first kappa shape index (κ1) is 23.7. The fraction of sp³-hybridized carbons (Fsp3) is 0.450. The van der Waals surface area contributed by atoms with Crippen LogP contribution in [0.15, 0.2) is 30.5 Å². The average molecular weight is 458 g/mol. The van der Waals surface area contributed by atoms with Crippen molar-refractivity contribution >= 4 is 11.9 Å². The average Bonchev–Trinajstić information content (AvgIpc) is 3.23. The van der Waals surface area contributed by atoms with Crippen molar-refractivity contribution in [1.29, 1.82) is 0 Å². The minimum atomic E-state index is -5.02. The highest BCUT2D eigenvalue weighted by molar-refractivity contribution is 5.92. The smallest absolute Gasteiger partial charge is 0.403 e. The van der Waals surface area contributed by atoms with Gasteiger partial charge in [0.25, 0.3) is 5.91 Å². The maximum absolute atomic E-state index is 14.1. The van der Waals surface area contributed by atoms with Crippen LogP contribution < -0.4 is 15.0 Å². The Morgan fingerprint density at radius 2 is 2.09 bits per heavy atom. The molecule has 0 aliphatic carbocycles. The lowest BCUT2D eigenvalue weighted by Crippen LogP contribution is -2.32. The number of hydrogen-bond donors (Lipinski definition) is 1. The Labute approximate surface area is 181 Å². The minimum absolute atomic E-state index is 0.0513. The molecule has 2 aromatic rings. The molecule has 12 heteroatoms. The fourth-order valence-corrected chi connectivity index (χ4v) is 3.29. The zero-order valence-electron chi connectivity index (χ0n) is 17.4. The molecule has 32 heavy (non-hydrogen) atoms. The molecule has 0 radical (unpaired) electrons. The van der Waals surface area contributed by atoms with Gasteiger partial charge in [0.2, 0.25) is 5.95 Å². The Morgan fingerprint density at radius 1 is 1.31 bits per heavy atom. The summed E-state index contributed by atoms with van der Waals surface area (Å²) >= 11 is 0. The third kappa shape index (κ3) is 6.04.